The molecule has 0 atom stereocenters. The van der Waals surface area contributed by atoms with Gasteiger partial charge in [-0.1, -0.05) is 24.3 Å². The molecule has 0 N–H and O–H groups in total. The zero-order valence-electron chi connectivity index (χ0n) is 10.3. The van der Waals surface area contributed by atoms with Gasteiger partial charge in [0.2, 0.25) is 0 Å². The Kier molecular flexibility index (Phi) is 5.05. The summed E-state index contributed by atoms with van der Waals surface area (Å²) in [5.41, 5.74) is 1.13. The van der Waals surface area contributed by atoms with Crippen molar-refractivity contribution in [1.29, 1.82) is 0 Å². The van der Waals surface area contributed by atoms with Crippen LogP contribution >= 0.6 is 0 Å². The maximum Gasteiger partial charge on any atom is 0.302 e. The Morgan fingerprint density at radius 1 is 1.16 bits per heavy atom. The maximum absolute atomic E-state index is 10.7. The summed E-state index contributed by atoms with van der Waals surface area (Å²) in [6.45, 7) is 1.32. The highest BCUT2D eigenvalue weighted by Crippen LogP contribution is 2.12. The summed E-state index contributed by atoms with van der Waals surface area (Å²) in [5.74, 6) is -5.52. The molecule has 0 saturated carbocycles. The molecule has 6 heteroatoms. The second-order valence-corrected chi connectivity index (χ2v) is 3.99. The van der Waals surface area contributed by atoms with E-state index in [1.807, 2.05) is 0 Å². The van der Waals surface area contributed by atoms with E-state index < -0.39 is 23.8 Å². The molecule has 1 aromatic carbocycles. The van der Waals surface area contributed by atoms with Crippen molar-refractivity contribution in [2.24, 2.45) is 5.92 Å². The molecule has 0 radical (unpaired) electrons. The van der Waals surface area contributed by atoms with Crippen molar-refractivity contribution in [3.05, 3.63) is 35.4 Å². The Morgan fingerprint density at radius 2 is 1.74 bits per heavy atom. The zero-order valence-corrected chi connectivity index (χ0v) is 10.3. The first-order chi connectivity index (χ1) is 8.90. The molecule has 0 bridgehead atoms. The minimum Gasteiger partial charge on any atom is -0.549 e. The molecular formula is C13H12O6-2. The monoisotopic (exact) mass is 264 g/mol. The Morgan fingerprint density at radius 3 is 2.26 bits per heavy atom. The number of hydrogen-bond donors (Lipinski definition) is 0. The molecule has 102 valence electrons. The molecule has 0 aliphatic rings. The second kappa shape index (κ2) is 6.53. The summed E-state index contributed by atoms with van der Waals surface area (Å²) in [4.78, 5) is 32.0. The number of carboxylic acids is 2. The fourth-order valence-electron chi connectivity index (χ4n) is 1.53. The van der Waals surface area contributed by atoms with Crippen molar-refractivity contribution in [3.63, 3.8) is 0 Å². The highest BCUT2D eigenvalue weighted by molar-refractivity contribution is 5.91. The van der Waals surface area contributed by atoms with E-state index in [0.29, 0.717) is 11.1 Å². The number of ether oxygens (including phenoxy) is 1. The second-order valence-electron chi connectivity index (χ2n) is 3.99. The number of rotatable bonds is 6. The van der Waals surface area contributed by atoms with Gasteiger partial charge in [0.1, 0.15) is 6.61 Å². The predicted octanol–water partition coefficient (Wildman–Crippen LogP) is -1.59. The average molecular weight is 264 g/mol. The van der Waals surface area contributed by atoms with E-state index in [1.54, 1.807) is 24.3 Å². The number of aliphatic carboxylic acids is 2. The molecule has 1 aromatic rings. The highest BCUT2D eigenvalue weighted by Gasteiger charge is 2.12. The van der Waals surface area contributed by atoms with Gasteiger partial charge in [0.15, 0.2) is 0 Å². The summed E-state index contributed by atoms with van der Waals surface area (Å²) in [6.07, 6.45) is -0.238. The maximum atomic E-state index is 10.7. The minimum atomic E-state index is -1.70. The fraction of sp³-hybridized carbons (Fsp3) is 0.308. The van der Waals surface area contributed by atoms with E-state index in [4.69, 9.17) is 4.74 Å². The molecule has 0 unspecified atom stereocenters. The molecule has 0 heterocycles. The summed E-state index contributed by atoms with van der Waals surface area (Å²) < 4.78 is 4.79. The number of hydrogen-bond acceptors (Lipinski definition) is 6. The molecule has 19 heavy (non-hydrogen) atoms. The molecule has 0 saturated heterocycles. The van der Waals surface area contributed by atoms with Crippen molar-refractivity contribution < 1.29 is 29.3 Å². The topological polar surface area (TPSA) is 107 Å². The lowest BCUT2D eigenvalue weighted by Gasteiger charge is -2.19. The lowest BCUT2D eigenvalue weighted by atomic mass is 9.98. The predicted molar refractivity (Wildman–Crippen MR) is 59.1 cm³/mol. The number of carbonyl (C=O) groups is 3. The van der Waals surface area contributed by atoms with Crippen LogP contribution in [0.1, 0.15) is 18.1 Å². The smallest absolute Gasteiger partial charge is 0.302 e. The van der Waals surface area contributed by atoms with Gasteiger partial charge in [0.05, 0.1) is 11.9 Å². The van der Waals surface area contributed by atoms with Crippen LogP contribution in [0.5, 0.6) is 0 Å². The van der Waals surface area contributed by atoms with E-state index in [9.17, 15) is 24.6 Å². The summed E-state index contributed by atoms with van der Waals surface area (Å²) in [5, 5.41) is 21.3. The quantitative estimate of drug-likeness (QED) is 0.453. The Balaban J connectivity index is 2.78. The van der Waals surface area contributed by atoms with Gasteiger partial charge in [-0.3, -0.25) is 4.79 Å². The van der Waals surface area contributed by atoms with Crippen LogP contribution < -0.4 is 10.2 Å². The minimum absolute atomic E-state index is 0.0461. The van der Waals surface area contributed by atoms with Crippen LogP contribution in [0.3, 0.4) is 0 Å². The van der Waals surface area contributed by atoms with Crippen LogP contribution in [-0.2, 0) is 32.1 Å². The molecular weight excluding hydrogens is 252 g/mol. The van der Waals surface area contributed by atoms with Crippen molar-refractivity contribution in [1.82, 2.24) is 0 Å². The van der Waals surface area contributed by atoms with Gasteiger partial charge in [-0.15, -0.1) is 0 Å². The van der Waals surface area contributed by atoms with Crippen molar-refractivity contribution >= 4 is 17.9 Å². The van der Waals surface area contributed by atoms with Crippen LogP contribution in [0.2, 0.25) is 0 Å². The van der Waals surface area contributed by atoms with Crippen LogP contribution in [0, 0.1) is 5.92 Å². The van der Waals surface area contributed by atoms with Gasteiger partial charge in [0, 0.05) is 12.8 Å². The third-order valence-corrected chi connectivity index (χ3v) is 2.44. The Hall–Kier alpha value is -2.37. The number of carbonyl (C=O) groups excluding carboxylic acids is 3. The summed E-state index contributed by atoms with van der Waals surface area (Å²) >= 11 is 0. The first kappa shape index (κ1) is 14.7. The van der Waals surface area contributed by atoms with Gasteiger partial charge in [-0.05, 0) is 17.5 Å². The first-order valence-electron chi connectivity index (χ1n) is 5.53. The van der Waals surface area contributed by atoms with Gasteiger partial charge >= 0.3 is 5.97 Å². The van der Waals surface area contributed by atoms with E-state index >= 15 is 0 Å². The fourth-order valence-corrected chi connectivity index (χ4v) is 1.53. The molecule has 0 aliphatic carbocycles. The molecule has 0 aliphatic heterocycles. The van der Waals surface area contributed by atoms with E-state index in [-0.39, 0.29) is 13.0 Å². The lowest BCUT2D eigenvalue weighted by Crippen LogP contribution is -2.44. The summed E-state index contributed by atoms with van der Waals surface area (Å²) in [7, 11) is 0. The standard InChI is InChI=1S/C13H14O6/c1-8(14)19-7-10-4-2-3-9(5-10)6-11(12(15)16)13(17)18/h2-5,11H,6-7H2,1H3,(H,15,16)(H,17,18)/p-2. The first-order valence-corrected chi connectivity index (χ1v) is 5.53. The van der Waals surface area contributed by atoms with Crippen LogP contribution in [0.25, 0.3) is 0 Å². The molecule has 0 spiro atoms. The van der Waals surface area contributed by atoms with Gasteiger partial charge in [0.25, 0.3) is 0 Å². The van der Waals surface area contributed by atoms with Crippen molar-refractivity contribution in [2.75, 3.05) is 0 Å². The molecule has 0 fully saturated rings. The number of carboxylic acid groups (broad SMARTS) is 2. The Bertz CT molecular complexity index is 480. The largest absolute Gasteiger partial charge is 0.549 e. The number of benzene rings is 1. The highest BCUT2D eigenvalue weighted by atomic mass is 16.5. The van der Waals surface area contributed by atoms with E-state index in [0.717, 1.165) is 0 Å². The van der Waals surface area contributed by atoms with Crippen LogP contribution in [0.4, 0.5) is 0 Å². The average Bonchev–Trinajstić information content (AvgIpc) is 2.33. The Labute approximate surface area is 109 Å². The van der Waals surface area contributed by atoms with E-state index in [1.165, 1.54) is 6.92 Å². The van der Waals surface area contributed by atoms with Gasteiger partial charge < -0.3 is 24.5 Å². The zero-order chi connectivity index (χ0) is 14.4. The third-order valence-electron chi connectivity index (χ3n) is 2.44. The van der Waals surface area contributed by atoms with Crippen LogP contribution in [-0.4, -0.2) is 17.9 Å². The molecule has 0 amide bonds. The van der Waals surface area contributed by atoms with Crippen molar-refractivity contribution in [3.8, 4) is 0 Å². The molecule has 0 aromatic heterocycles. The van der Waals surface area contributed by atoms with E-state index in [2.05, 4.69) is 0 Å². The lowest BCUT2D eigenvalue weighted by molar-refractivity contribution is -0.331. The normalized spacial score (nSPS) is 10.2. The SMILES string of the molecule is CC(=O)OCc1cccc(CC(C(=O)[O-])C(=O)[O-])c1. The third kappa shape index (κ3) is 4.79. The number of esters is 1. The van der Waals surface area contributed by atoms with Crippen LogP contribution in [0.15, 0.2) is 24.3 Å². The van der Waals surface area contributed by atoms with Crippen molar-refractivity contribution in [2.45, 2.75) is 20.0 Å². The summed E-state index contributed by atoms with van der Waals surface area (Å²) in [6, 6.07) is 6.45. The van der Waals surface area contributed by atoms with Gasteiger partial charge in [-0.2, -0.15) is 0 Å². The molecule has 6 nitrogen and oxygen atoms in total. The van der Waals surface area contributed by atoms with Gasteiger partial charge in [-0.25, -0.2) is 0 Å². The molecule has 1 rings (SSSR count).